The Labute approximate surface area is 270 Å². The van der Waals surface area contributed by atoms with Gasteiger partial charge in [0, 0.05) is 48.3 Å². The van der Waals surface area contributed by atoms with E-state index in [1.807, 2.05) is 11.3 Å². The van der Waals surface area contributed by atoms with Crippen molar-refractivity contribution < 1.29 is 0 Å². The topological polar surface area (TPSA) is 11.4 Å². The summed E-state index contributed by atoms with van der Waals surface area (Å²) in [7, 11) is 0. The summed E-state index contributed by atoms with van der Waals surface area (Å²) in [6.07, 6.45) is 0. The van der Waals surface area contributed by atoms with Gasteiger partial charge in [-0.25, -0.2) is 0 Å². The molecule has 0 spiro atoms. The fourth-order valence-electron chi connectivity index (χ4n) is 7.40. The lowest BCUT2D eigenvalue weighted by atomic mass is 10.0. The Morgan fingerprint density at radius 2 is 0.978 bits per heavy atom. The largest absolute Gasteiger partial charge is 0.311 e. The molecule has 0 atom stereocenters. The molecule has 2 aromatic heterocycles. The molecule has 216 valence electrons. The second-order valence-electron chi connectivity index (χ2n) is 11.8. The molecule has 9 aromatic rings. The van der Waals surface area contributed by atoms with Crippen LogP contribution in [0.3, 0.4) is 0 Å². The molecule has 10 rings (SSSR count). The van der Waals surface area contributed by atoms with Crippen LogP contribution in [0.15, 0.2) is 164 Å². The number of anilines is 6. The first kappa shape index (κ1) is 25.5. The highest BCUT2D eigenvalue weighted by atomic mass is 32.1. The van der Waals surface area contributed by atoms with Crippen LogP contribution in [0.1, 0.15) is 0 Å². The van der Waals surface area contributed by atoms with Crippen LogP contribution in [0.2, 0.25) is 0 Å². The van der Waals surface area contributed by atoms with Crippen molar-refractivity contribution in [1.29, 1.82) is 0 Å². The zero-order chi connectivity index (χ0) is 30.2. The van der Waals surface area contributed by atoms with E-state index < -0.39 is 0 Å². The van der Waals surface area contributed by atoms with Gasteiger partial charge >= 0.3 is 0 Å². The van der Waals surface area contributed by atoms with Gasteiger partial charge < -0.3 is 14.4 Å². The van der Waals surface area contributed by atoms with Crippen LogP contribution >= 0.6 is 11.3 Å². The van der Waals surface area contributed by atoms with Gasteiger partial charge in [-0.05, 0) is 90.3 Å². The summed E-state index contributed by atoms with van der Waals surface area (Å²) >= 11 is 1.89. The van der Waals surface area contributed by atoms with Crippen molar-refractivity contribution >= 4 is 87.4 Å². The highest BCUT2D eigenvalue weighted by Gasteiger charge is 2.28. The number of hydrogen-bond donors (Lipinski definition) is 0. The van der Waals surface area contributed by atoms with Crippen LogP contribution < -0.4 is 9.80 Å². The zero-order valence-electron chi connectivity index (χ0n) is 24.8. The summed E-state index contributed by atoms with van der Waals surface area (Å²) in [5.74, 6) is 0. The van der Waals surface area contributed by atoms with Crippen molar-refractivity contribution in [3.8, 4) is 5.69 Å². The van der Waals surface area contributed by atoms with E-state index in [0.717, 1.165) is 28.4 Å². The van der Waals surface area contributed by atoms with E-state index in [2.05, 4.69) is 178 Å². The smallest absolute Gasteiger partial charge is 0.0782 e. The highest BCUT2D eigenvalue weighted by Crippen LogP contribution is 2.51. The third-order valence-corrected chi connectivity index (χ3v) is 10.4. The fraction of sp³-hybridized carbons (Fsp3) is 0. The second-order valence-corrected chi connectivity index (χ2v) is 12.9. The van der Waals surface area contributed by atoms with Crippen LogP contribution in [0.4, 0.5) is 34.1 Å². The van der Waals surface area contributed by atoms with Gasteiger partial charge in [-0.2, -0.15) is 0 Å². The van der Waals surface area contributed by atoms with Crippen molar-refractivity contribution in [1.82, 2.24) is 4.57 Å². The molecular formula is C42H27N3S. The Kier molecular flexibility index (Phi) is 5.45. The van der Waals surface area contributed by atoms with Crippen molar-refractivity contribution in [2.75, 3.05) is 9.80 Å². The summed E-state index contributed by atoms with van der Waals surface area (Å²) < 4.78 is 5.16. The fourth-order valence-corrected chi connectivity index (χ4v) is 8.55. The SMILES string of the molecule is c1ccc(N(c2ccccc2)c2ccc(N3c4ccccc4-n4c5cccc6sc7cccc(c8cccc3c84)c7c65)cc2)cc1. The van der Waals surface area contributed by atoms with E-state index >= 15 is 0 Å². The van der Waals surface area contributed by atoms with Gasteiger partial charge in [0.1, 0.15) is 0 Å². The van der Waals surface area contributed by atoms with E-state index in [1.54, 1.807) is 0 Å². The molecule has 0 radical (unpaired) electrons. The van der Waals surface area contributed by atoms with E-state index in [4.69, 9.17) is 0 Å². The van der Waals surface area contributed by atoms with Gasteiger partial charge in [-0.1, -0.05) is 78.9 Å². The maximum absolute atomic E-state index is 2.51. The standard InChI is InChI=1S/C42H27N3S/c1-3-12-28(13-4-1)43(29-14-5-2-6-15-29)30-24-26-31(27-25-30)44-34-18-7-8-19-35(34)45-36-20-11-23-39-41(36)40-32(16-10-22-38(40)46-39)33-17-9-21-37(44)42(33)45/h1-27H. The molecule has 3 nitrogen and oxygen atoms in total. The Bertz CT molecular complexity index is 2540. The summed E-state index contributed by atoms with van der Waals surface area (Å²) in [6.45, 7) is 0. The predicted octanol–water partition coefficient (Wildman–Crippen LogP) is 12.4. The van der Waals surface area contributed by atoms with Gasteiger partial charge in [0.2, 0.25) is 0 Å². The molecular weight excluding hydrogens is 579 g/mol. The van der Waals surface area contributed by atoms with Crippen LogP contribution in [0.5, 0.6) is 0 Å². The van der Waals surface area contributed by atoms with Crippen molar-refractivity contribution in [2.24, 2.45) is 0 Å². The van der Waals surface area contributed by atoms with Gasteiger partial charge in [0.05, 0.1) is 28.1 Å². The lowest BCUT2D eigenvalue weighted by Crippen LogP contribution is -2.19. The monoisotopic (exact) mass is 605 g/mol. The number of hydrogen-bond acceptors (Lipinski definition) is 3. The molecule has 1 aliphatic rings. The molecule has 7 aromatic carbocycles. The average molecular weight is 606 g/mol. The third-order valence-electron chi connectivity index (χ3n) is 9.27. The number of rotatable bonds is 4. The first-order valence-electron chi connectivity index (χ1n) is 15.6. The minimum absolute atomic E-state index is 1.11. The minimum Gasteiger partial charge on any atom is -0.311 e. The minimum atomic E-state index is 1.11. The molecule has 0 fully saturated rings. The van der Waals surface area contributed by atoms with Crippen molar-refractivity contribution in [3.05, 3.63) is 164 Å². The number of thiophene rings is 1. The van der Waals surface area contributed by atoms with Gasteiger partial charge in [0.15, 0.2) is 0 Å². The van der Waals surface area contributed by atoms with E-state index in [-0.39, 0.29) is 0 Å². The molecule has 0 saturated heterocycles. The van der Waals surface area contributed by atoms with Crippen LogP contribution in [0, 0.1) is 0 Å². The first-order chi connectivity index (χ1) is 22.8. The van der Waals surface area contributed by atoms with Gasteiger partial charge in [-0.15, -0.1) is 11.3 Å². The Balaban J connectivity index is 1.24. The van der Waals surface area contributed by atoms with E-state index in [0.29, 0.717) is 0 Å². The quantitative estimate of drug-likeness (QED) is 0.198. The lowest BCUT2D eigenvalue weighted by Gasteiger charge is -2.34. The number of aromatic nitrogens is 1. The maximum Gasteiger partial charge on any atom is 0.0782 e. The van der Waals surface area contributed by atoms with Crippen LogP contribution in [0.25, 0.3) is 47.7 Å². The maximum atomic E-state index is 2.51. The summed E-state index contributed by atoms with van der Waals surface area (Å²) in [4.78, 5) is 4.74. The summed E-state index contributed by atoms with van der Waals surface area (Å²) in [5, 5.41) is 5.26. The molecule has 3 heterocycles. The first-order valence-corrected chi connectivity index (χ1v) is 16.4. The summed E-state index contributed by atoms with van der Waals surface area (Å²) in [5.41, 5.74) is 10.5. The molecule has 46 heavy (non-hydrogen) atoms. The molecule has 0 unspecified atom stereocenters. The number of para-hydroxylation sites is 5. The van der Waals surface area contributed by atoms with Crippen LogP contribution in [-0.4, -0.2) is 4.57 Å². The third kappa shape index (κ3) is 3.59. The Morgan fingerprint density at radius 3 is 1.72 bits per heavy atom. The molecule has 4 heteroatoms. The summed E-state index contributed by atoms with van der Waals surface area (Å²) in [6, 6.07) is 59.3. The molecule has 0 N–H and O–H groups in total. The van der Waals surface area contributed by atoms with E-state index in [9.17, 15) is 0 Å². The van der Waals surface area contributed by atoms with Gasteiger partial charge in [-0.3, -0.25) is 0 Å². The number of fused-ring (bicyclic) bond motifs is 4. The van der Waals surface area contributed by atoms with Crippen molar-refractivity contribution in [3.63, 3.8) is 0 Å². The van der Waals surface area contributed by atoms with Crippen molar-refractivity contribution in [2.45, 2.75) is 0 Å². The molecule has 0 amide bonds. The van der Waals surface area contributed by atoms with E-state index in [1.165, 1.54) is 53.4 Å². The molecule has 0 saturated carbocycles. The van der Waals surface area contributed by atoms with Gasteiger partial charge in [0.25, 0.3) is 0 Å². The second kappa shape index (κ2) is 9.83. The molecule has 0 aliphatic carbocycles. The predicted molar refractivity (Wildman–Crippen MR) is 197 cm³/mol. The molecule has 1 aliphatic heterocycles. The lowest BCUT2D eigenvalue weighted by molar-refractivity contribution is 1.11. The van der Waals surface area contributed by atoms with Crippen LogP contribution in [-0.2, 0) is 0 Å². The Hall–Kier alpha value is -5.84. The molecule has 0 bridgehead atoms. The Morgan fingerprint density at radius 1 is 0.413 bits per heavy atom. The highest BCUT2D eigenvalue weighted by molar-refractivity contribution is 7.26. The normalized spacial score (nSPS) is 12.3. The zero-order valence-corrected chi connectivity index (χ0v) is 25.7. The average Bonchev–Trinajstić information content (AvgIpc) is 3.45. The number of benzene rings is 7. The number of nitrogens with zero attached hydrogens (tertiary/aromatic N) is 3.